The summed E-state index contributed by atoms with van der Waals surface area (Å²) in [6.45, 7) is 0. The predicted molar refractivity (Wildman–Crippen MR) is 95.8 cm³/mol. The second kappa shape index (κ2) is 6.17. The van der Waals surface area contributed by atoms with Gasteiger partial charge >= 0.3 is 0 Å². The Hall–Kier alpha value is -2.80. The molecule has 3 atom stereocenters. The van der Waals surface area contributed by atoms with Crippen LogP contribution < -0.4 is 15.2 Å². The minimum atomic E-state index is -0.589. The normalized spacial score (nSPS) is 24.9. The zero-order chi connectivity index (χ0) is 18.4. The lowest BCUT2D eigenvalue weighted by molar-refractivity contribution is 0.0258. The number of ether oxygens (including phenoxy) is 1. The number of hydrogen-bond donors (Lipinski definition) is 1. The van der Waals surface area contributed by atoms with Crippen LogP contribution in [0.1, 0.15) is 34.9 Å². The number of benzene rings is 1. The van der Waals surface area contributed by atoms with Crippen molar-refractivity contribution in [3.63, 3.8) is 0 Å². The lowest BCUT2D eigenvalue weighted by atomic mass is 9.91. The van der Waals surface area contributed by atoms with Crippen molar-refractivity contribution in [1.82, 2.24) is 9.58 Å². The molecule has 0 aliphatic carbocycles. The van der Waals surface area contributed by atoms with Gasteiger partial charge in [-0.15, -0.1) is 0 Å². The van der Waals surface area contributed by atoms with E-state index in [9.17, 15) is 14.7 Å². The molecule has 0 spiro atoms. The van der Waals surface area contributed by atoms with Crippen molar-refractivity contribution in [3.8, 4) is 5.75 Å². The molecule has 0 radical (unpaired) electrons. The third kappa shape index (κ3) is 2.31. The molecule has 1 aromatic carbocycles. The number of pyridine rings is 1. The Morgan fingerprint density at radius 1 is 1.12 bits per heavy atom. The Labute approximate surface area is 151 Å². The van der Waals surface area contributed by atoms with Gasteiger partial charge in [-0.05, 0) is 18.4 Å². The number of aliphatic hydroxyl groups excluding tert-OH is 1. The molecule has 1 aromatic heterocycles. The standard InChI is InChI=1S/C19H21N3O4/c1-20-15-9-8-13(23)16(12-6-4-3-5-7-12)22(15)21-11-10-14(24)18(26-2)17(21)19(20)25/h3-7,10-11,13,15-16,23H,8-9H2,1-2H3/t13-,15-,16+/m0/s1. The van der Waals surface area contributed by atoms with E-state index in [4.69, 9.17) is 4.74 Å². The van der Waals surface area contributed by atoms with Gasteiger partial charge in [0.25, 0.3) is 5.91 Å². The molecule has 1 amide bonds. The predicted octanol–water partition coefficient (Wildman–Crippen LogP) is 1.10. The fraction of sp³-hybridized carbons (Fsp3) is 0.368. The molecule has 7 nitrogen and oxygen atoms in total. The summed E-state index contributed by atoms with van der Waals surface area (Å²) >= 11 is 0. The number of methoxy groups -OCH3 is 1. The number of hydrogen-bond acceptors (Lipinski definition) is 5. The Bertz CT molecular complexity index is 895. The third-order valence-electron chi connectivity index (χ3n) is 5.27. The first-order valence-electron chi connectivity index (χ1n) is 8.63. The fourth-order valence-corrected chi connectivity index (χ4v) is 4.04. The molecule has 7 heteroatoms. The molecule has 2 aromatic rings. The zero-order valence-corrected chi connectivity index (χ0v) is 14.7. The van der Waals surface area contributed by atoms with Crippen molar-refractivity contribution in [2.45, 2.75) is 31.2 Å². The number of nitrogens with zero attached hydrogens (tertiary/aromatic N) is 3. The maximum atomic E-state index is 12.9. The first-order chi connectivity index (χ1) is 12.5. The van der Waals surface area contributed by atoms with Crippen LogP contribution >= 0.6 is 0 Å². The van der Waals surface area contributed by atoms with Crippen LogP contribution in [0.5, 0.6) is 5.75 Å². The van der Waals surface area contributed by atoms with E-state index in [1.807, 2.05) is 35.3 Å². The Kier molecular flexibility index (Phi) is 3.96. The number of carbonyl (C=O) groups is 1. The van der Waals surface area contributed by atoms with E-state index < -0.39 is 6.10 Å². The van der Waals surface area contributed by atoms with Gasteiger partial charge in [0, 0.05) is 19.3 Å². The molecule has 4 rings (SSSR count). The van der Waals surface area contributed by atoms with E-state index >= 15 is 0 Å². The molecule has 1 saturated heterocycles. The van der Waals surface area contributed by atoms with E-state index in [0.717, 1.165) is 5.56 Å². The number of fused-ring (bicyclic) bond motifs is 3. The summed E-state index contributed by atoms with van der Waals surface area (Å²) in [5.74, 6) is -0.237. The van der Waals surface area contributed by atoms with Gasteiger partial charge in [0.2, 0.25) is 5.43 Å². The molecular formula is C19H21N3O4. The lowest BCUT2D eigenvalue weighted by Gasteiger charge is -2.53. The Morgan fingerprint density at radius 2 is 1.85 bits per heavy atom. The molecule has 136 valence electrons. The van der Waals surface area contributed by atoms with Crippen molar-refractivity contribution in [1.29, 1.82) is 0 Å². The van der Waals surface area contributed by atoms with E-state index in [-0.39, 0.29) is 35.0 Å². The highest BCUT2D eigenvalue weighted by Crippen LogP contribution is 2.38. The highest BCUT2D eigenvalue weighted by atomic mass is 16.5. The smallest absolute Gasteiger partial charge is 0.277 e. The van der Waals surface area contributed by atoms with Crippen molar-refractivity contribution in [2.75, 3.05) is 19.2 Å². The average molecular weight is 355 g/mol. The summed E-state index contributed by atoms with van der Waals surface area (Å²) in [7, 11) is 3.11. The van der Waals surface area contributed by atoms with Crippen molar-refractivity contribution in [3.05, 3.63) is 64.1 Å². The quantitative estimate of drug-likeness (QED) is 0.873. The van der Waals surface area contributed by atoms with Crippen LogP contribution in [0.15, 0.2) is 47.4 Å². The number of carbonyl (C=O) groups excluding carboxylic acids is 1. The van der Waals surface area contributed by atoms with Gasteiger partial charge < -0.3 is 14.7 Å². The number of piperidine rings is 1. The lowest BCUT2D eigenvalue weighted by Crippen LogP contribution is -2.65. The summed E-state index contributed by atoms with van der Waals surface area (Å²) in [5, 5.41) is 12.7. The molecule has 1 fully saturated rings. The van der Waals surface area contributed by atoms with Gasteiger partial charge in [-0.3, -0.25) is 19.3 Å². The van der Waals surface area contributed by atoms with Gasteiger partial charge in [-0.25, -0.2) is 0 Å². The van der Waals surface area contributed by atoms with Crippen LogP contribution in [-0.2, 0) is 0 Å². The highest BCUT2D eigenvalue weighted by molar-refractivity contribution is 5.96. The minimum Gasteiger partial charge on any atom is -0.491 e. The van der Waals surface area contributed by atoms with Crippen molar-refractivity contribution >= 4 is 5.91 Å². The number of amides is 1. The van der Waals surface area contributed by atoms with Crippen LogP contribution in [0.25, 0.3) is 0 Å². The van der Waals surface area contributed by atoms with Gasteiger partial charge in [0.05, 0.1) is 19.3 Å². The van der Waals surface area contributed by atoms with Gasteiger partial charge in [0.1, 0.15) is 6.17 Å². The number of aliphatic hydroxyl groups is 1. The number of aromatic nitrogens is 1. The maximum Gasteiger partial charge on any atom is 0.277 e. The highest BCUT2D eigenvalue weighted by Gasteiger charge is 2.46. The SMILES string of the molecule is COc1c2n(ccc1=O)N1[C@H](c3ccccc3)[C@@H](O)CC[C@H]1N(C)C2=O. The first-order valence-corrected chi connectivity index (χ1v) is 8.63. The number of rotatable bonds is 2. The summed E-state index contributed by atoms with van der Waals surface area (Å²) in [4.78, 5) is 26.7. The van der Waals surface area contributed by atoms with Crippen molar-refractivity contribution in [2.24, 2.45) is 0 Å². The Balaban J connectivity index is 1.95. The first kappa shape index (κ1) is 16.7. The molecule has 3 heterocycles. The third-order valence-corrected chi connectivity index (χ3v) is 5.27. The van der Waals surface area contributed by atoms with E-state index in [0.29, 0.717) is 12.8 Å². The van der Waals surface area contributed by atoms with Crippen LogP contribution in [0, 0.1) is 0 Å². The maximum absolute atomic E-state index is 12.9. The summed E-state index contributed by atoms with van der Waals surface area (Å²) in [6.07, 6.45) is 2.02. The molecule has 2 aliphatic heterocycles. The van der Waals surface area contributed by atoms with Gasteiger partial charge in [0.15, 0.2) is 11.4 Å². The van der Waals surface area contributed by atoms with Crippen LogP contribution in [0.4, 0.5) is 0 Å². The van der Waals surface area contributed by atoms with E-state index in [1.165, 1.54) is 13.2 Å². The van der Waals surface area contributed by atoms with E-state index in [1.54, 1.807) is 22.8 Å². The average Bonchev–Trinajstić information content (AvgIpc) is 2.66. The van der Waals surface area contributed by atoms with E-state index in [2.05, 4.69) is 0 Å². The minimum absolute atomic E-state index is 0.0228. The second-order valence-corrected chi connectivity index (χ2v) is 6.68. The topological polar surface area (TPSA) is 75.0 Å². The molecule has 1 N–H and O–H groups in total. The Morgan fingerprint density at radius 3 is 2.54 bits per heavy atom. The molecule has 26 heavy (non-hydrogen) atoms. The molecule has 0 unspecified atom stereocenters. The monoisotopic (exact) mass is 355 g/mol. The summed E-state index contributed by atoms with van der Waals surface area (Å²) in [5.41, 5.74) is 0.803. The fourth-order valence-electron chi connectivity index (χ4n) is 4.04. The van der Waals surface area contributed by atoms with Gasteiger partial charge in [-0.1, -0.05) is 30.3 Å². The summed E-state index contributed by atoms with van der Waals surface area (Å²) in [6, 6.07) is 10.8. The van der Waals surface area contributed by atoms with Crippen LogP contribution in [-0.4, -0.2) is 47.0 Å². The van der Waals surface area contributed by atoms with Crippen LogP contribution in [0.3, 0.4) is 0 Å². The van der Waals surface area contributed by atoms with Gasteiger partial charge in [-0.2, -0.15) is 0 Å². The zero-order valence-electron chi connectivity index (χ0n) is 14.7. The van der Waals surface area contributed by atoms with Crippen molar-refractivity contribution < 1.29 is 14.6 Å². The molecule has 0 bridgehead atoms. The molecular weight excluding hydrogens is 334 g/mol. The largest absolute Gasteiger partial charge is 0.491 e. The second-order valence-electron chi connectivity index (χ2n) is 6.68. The summed E-state index contributed by atoms with van der Waals surface area (Å²) < 4.78 is 6.91. The molecule has 0 saturated carbocycles. The molecule has 2 aliphatic rings. The van der Waals surface area contributed by atoms with Crippen LogP contribution in [0.2, 0.25) is 0 Å².